The van der Waals surface area contributed by atoms with Crippen LogP contribution in [0.15, 0.2) is 76.8 Å². The van der Waals surface area contributed by atoms with Crippen molar-refractivity contribution in [1.29, 1.82) is 0 Å². The van der Waals surface area contributed by atoms with Crippen LogP contribution in [-0.2, 0) is 0 Å². The number of rotatable bonds is 4. The van der Waals surface area contributed by atoms with Gasteiger partial charge in [-0.1, -0.05) is 12.1 Å². The zero-order chi connectivity index (χ0) is 20.9. The number of H-pyrrole nitrogens is 2. The first-order chi connectivity index (χ1) is 14.6. The number of hydrogen-bond acceptors (Lipinski definition) is 5. The number of aromatic amines is 2. The number of nitrogens with zero attached hydrogens (tertiary/aromatic N) is 2. The van der Waals surface area contributed by atoms with E-state index in [1.165, 1.54) is 55.1 Å². The van der Waals surface area contributed by atoms with Crippen molar-refractivity contribution in [1.82, 2.24) is 19.9 Å². The van der Waals surface area contributed by atoms with Crippen molar-refractivity contribution in [3.8, 4) is 11.5 Å². The Morgan fingerprint density at radius 3 is 2.10 bits per heavy atom. The van der Waals surface area contributed by atoms with Gasteiger partial charge in [0.15, 0.2) is 0 Å². The molecule has 0 radical (unpaired) electrons. The third kappa shape index (κ3) is 4.56. The van der Waals surface area contributed by atoms with Crippen molar-refractivity contribution < 1.29 is 9.13 Å². The molecule has 0 spiro atoms. The third-order valence-electron chi connectivity index (χ3n) is 4.10. The molecule has 2 aromatic heterocycles. The second-order valence-corrected chi connectivity index (χ2v) is 6.32. The van der Waals surface area contributed by atoms with Gasteiger partial charge >= 0.3 is 0 Å². The molecule has 30 heavy (non-hydrogen) atoms. The minimum atomic E-state index is -0.456. The second-order valence-electron chi connectivity index (χ2n) is 6.32. The van der Waals surface area contributed by atoms with Crippen LogP contribution in [0.3, 0.4) is 0 Å². The van der Waals surface area contributed by atoms with Gasteiger partial charge in [-0.25, -0.2) is 14.4 Å². The Bertz CT molecular complexity index is 1410. The molecule has 0 saturated heterocycles. The molecule has 0 aliphatic rings. The van der Waals surface area contributed by atoms with E-state index >= 15 is 0 Å². The zero-order valence-electron chi connectivity index (χ0n) is 15.5. The van der Waals surface area contributed by atoms with Crippen LogP contribution in [0.1, 0.15) is 11.1 Å². The molecule has 0 amide bonds. The van der Waals surface area contributed by atoms with Gasteiger partial charge in [0.1, 0.15) is 34.3 Å². The normalized spacial score (nSPS) is 12.2. The predicted molar refractivity (Wildman–Crippen MR) is 109 cm³/mol. The highest BCUT2D eigenvalue weighted by Crippen LogP contribution is 2.22. The van der Waals surface area contributed by atoms with Crippen LogP contribution in [0.4, 0.5) is 4.39 Å². The molecule has 0 unspecified atom stereocenters. The van der Waals surface area contributed by atoms with E-state index < -0.39 is 11.1 Å². The topological polar surface area (TPSA) is 101 Å². The van der Waals surface area contributed by atoms with Crippen molar-refractivity contribution in [3.05, 3.63) is 116 Å². The van der Waals surface area contributed by atoms with Crippen LogP contribution in [0.25, 0.3) is 12.2 Å². The molecular formula is C22H15FN4O3. The van der Waals surface area contributed by atoms with Crippen LogP contribution in [0.5, 0.6) is 11.5 Å². The molecule has 2 aromatic carbocycles. The summed E-state index contributed by atoms with van der Waals surface area (Å²) in [5, 5.41) is 0.195. The summed E-state index contributed by atoms with van der Waals surface area (Å²) in [6, 6.07) is 12.6. The molecule has 4 rings (SSSR count). The highest BCUT2D eigenvalue weighted by molar-refractivity contribution is 5.51. The average Bonchev–Trinajstić information content (AvgIpc) is 2.74. The summed E-state index contributed by atoms with van der Waals surface area (Å²) < 4.78 is 18.7. The summed E-state index contributed by atoms with van der Waals surface area (Å²) in [5.41, 5.74) is 0.316. The Kier molecular flexibility index (Phi) is 5.29. The number of hydrogen-bond donors (Lipinski definition) is 2. The number of aromatic nitrogens is 4. The summed E-state index contributed by atoms with van der Waals surface area (Å²) in [7, 11) is 0. The fourth-order valence-corrected chi connectivity index (χ4v) is 2.72. The first-order valence-corrected chi connectivity index (χ1v) is 8.91. The fourth-order valence-electron chi connectivity index (χ4n) is 2.72. The summed E-state index contributed by atoms with van der Waals surface area (Å²) in [6.45, 7) is 0. The molecule has 4 aromatic rings. The lowest BCUT2D eigenvalue weighted by Crippen LogP contribution is -2.46. The van der Waals surface area contributed by atoms with Gasteiger partial charge in [-0.15, -0.1) is 0 Å². The average molecular weight is 402 g/mol. The van der Waals surface area contributed by atoms with E-state index in [9.17, 15) is 14.0 Å². The number of benzene rings is 2. The Balaban J connectivity index is 1.67. The lowest BCUT2D eigenvalue weighted by atomic mass is 10.2. The molecule has 8 heteroatoms. The quantitative estimate of drug-likeness (QED) is 0.538. The van der Waals surface area contributed by atoms with Gasteiger partial charge in [0, 0.05) is 18.0 Å². The molecule has 0 atom stereocenters. The largest absolute Gasteiger partial charge is 0.457 e. The lowest BCUT2D eigenvalue weighted by Gasteiger charge is -2.06. The van der Waals surface area contributed by atoms with Crippen LogP contribution in [-0.4, -0.2) is 19.9 Å². The maximum Gasteiger partial charge on any atom is 0.272 e. The van der Waals surface area contributed by atoms with Gasteiger partial charge in [-0.05, 0) is 54.1 Å². The van der Waals surface area contributed by atoms with Crippen molar-refractivity contribution in [2.45, 2.75) is 0 Å². The molecule has 2 N–H and O–H groups in total. The van der Waals surface area contributed by atoms with Crippen molar-refractivity contribution in [3.63, 3.8) is 0 Å². The van der Waals surface area contributed by atoms with E-state index in [1.54, 1.807) is 24.3 Å². The first-order valence-electron chi connectivity index (χ1n) is 8.91. The van der Waals surface area contributed by atoms with Crippen LogP contribution < -0.4 is 26.6 Å². The molecule has 0 fully saturated rings. The van der Waals surface area contributed by atoms with Gasteiger partial charge in [0.2, 0.25) is 0 Å². The van der Waals surface area contributed by atoms with E-state index in [0.29, 0.717) is 22.6 Å². The minimum absolute atomic E-state index is 0.0975. The van der Waals surface area contributed by atoms with Crippen LogP contribution >= 0.6 is 0 Å². The van der Waals surface area contributed by atoms with Gasteiger partial charge in [-0.2, -0.15) is 0 Å². The summed E-state index contributed by atoms with van der Waals surface area (Å²) in [4.78, 5) is 37.6. The van der Waals surface area contributed by atoms with Gasteiger partial charge in [0.25, 0.3) is 11.1 Å². The molecule has 0 aliphatic carbocycles. The molecule has 0 aliphatic heterocycles. The van der Waals surface area contributed by atoms with Gasteiger partial charge in [-0.3, -0.25) is 9.59 Å². The maximum atomic E-state index is 13.0. The van der Waals surface area contributed by atoms with Crippen LogP contribution in [0.2, 0.25) is 0 Å². The molecule has 2 heterocycles. The second kappa shape index (κ2) is 8.36. The Labute approximate surface area is 168 Å². The number of nitrogens with one attached hydrogen (secondary N) is 2. The highest BCUT2D eigenvalue weighted by atomic mass is 19.1. The van der Waals surface area contributed by atoms with E-state index in [-0.39, 0.29) is 16.5 Å². The first kappa shape index (κ1) is 19.0. The van der Waals surface area contributed by atoms with E-state index in [1.807, 2.05) is 0 Å². The minimum Gasteiger partial charge on any atom is -0.457 e. The zero-order valence-corrected chi connectivity index (χ0v) is 15.5. The van der Waals surface area contributed by atoms with Gasteiger partial charge < -0.3 is 14.7 Å². The number of halogens is 1. The SMILES string of the molecule is O=c1[nH]/c(=C\c2cccc(Oc3ccc(F)cc3)c2)c(=O)[nH]/c1=C\c1cncnc1. The molecule has 148 valence electrons. The summed E-state index contributed by atoms with van der Waals surface area (Å²) >= 11 is 0. The van der Waals surface area contributed by atoms with Crippen molar-refractivity contribution in [2.24, 2.45) is 0 Å². The Hall–Kier alpha value is -4.33. The predicted octanol–water partition coefficient (Wildman–Crippen LogP) is 1.44. The Morgan fingerprint density at radius 2 is 1.43 bits per heavy atom. The van der Waals surface area contributed by atoms with Crippen molar-refractivity contribution in [2.75, 3.05) is 0 Å². The lowest BCUT2D eigenvalue weighted by molar-refractivity contribution is 0.480. The van der Waals surface area contributed by atoms with Gasteiger partial charge in [0.05, 0.1) is 0 Å². The van der Waals surface area contributed by atoms with Crippen molar-refractivity contribution >= 4 is 12.2 Å². The fraction of sp³-hybridized carbons (Fsp3) is 0. The van der Waals surface area contributed by atoms with E-state index in [4.69, 9.17) is 4.74 Å². The van der Waals surface area contributed by atoms with E-state index in [2.05, 4.69) is 19.9 Å². The molecule has 7 nitrogen and oxygen atoms in total. The third-order valence-corrected chi connectivity index (χ3v) is 4.10. The maximum absolute atomic E-state index is 13.0. The summed E-state index contributed by atoms with van der Waals surface area (Å²) in [6.07, 6.45) is 7.44. The monoisotopic (exact) mass is 402 g/mol. The molecule has 0 saturated carbocycles. The smallest absolute Gasteiger partial charge is 0.272 e. The Morgan fingerprint density at radius 1 is 0.800 bits per heavy atom. The summed E-state index contributed by atoms with van der Waals surface area (Å²) in [5.74, 6) is 0.626. The molecular weight excluding hydrogens is 387 g/mol. The standard InChI is InChI=1S/C22H15FN4O3/c23-16-4-6-17(7-5-16)30-18-3-1-2-14(8-18)9-19-21(28)27-20(22(29)26-19)10-15-11-24-13-25-12-15/h1-13H,(H,26,29)(H,27,28)/b19-9-,20-10-. The molecule has 0 bridgehead atoms. The highest BCUT2D eigenvalue weighted by Gasteiger charge is 2.01. The van der Waals surface area contributed by atoms with Crippen LogP contribution in [0, 0.1) is 5.82 Å². The number of ether oxygens (including phenoxy) is 1. The van der Waals surface area contributed by atoms with E-state index in [0.717, 1.165) is 0 Å².